The Balaban J connectivity index is 1.70. The minimum absolute atomic E-state index is 0.176. The molecule has 10 heteroatoms. The molecule has 0 spiro atoms. The van der Waals surface area contributed by atoms with Gasteiger partial charge in [-0.3, -0.25) is 19.1 Å². The van der Waals surface area contributed by atoms with Gasteiger partial charge in [0, 0.05) is 48.6 Å². The van der Waals surface area contributed by atoms with Crippen LogP contribution in [0.2, 0.25) is 0 Å². The van der Waals surface area contributed by atoms with Gasteiger partial charge in [-0.15, -0.1) is 11.3 Å². The van der Waals surface area contributed by atoms with E-state index in [0.29, 0.717) is 11.1 Å². The van der Waals surface area contributed by atoms with Gasteiger partial charge in [-0.05, 0) is 63.0 Å². The highest BCUT2D eigenvalue weighted by Gasteiger charge is 2.16. The van der Waals surface area contributed by atoms with Crippen LogP contribution in [0.25, 0.3) is 22.7 Å². The number of amides is 1. The van der Waals surface area contributed by atoms with Crippen molar-refractivity contribution in [3.63, 3.8) is 0 Å². The molecule has 1 fully saturated rings. The van der Waals surface area contributed by atoms with Crippen molar-refractivity contribution in [1.29, 1.82) is 10.5 Å². The number of hydrogen-bond acceptors (Lipinski definition) is 7. The Morgan fingerprint density at radius 2 is 1.97 bits per heavy atom. The Kier molecular flexibility index (Phi) is 9.01. The Hall–Kier alpha value is -3.86. The van der Waals surface area contributed by atoms with Crippen molar-refractivity contribution in [3.05, 3.63) is 49.5 Å². The van der Waals surface area contributed by atoms with Gasteiger partial charge >= 0.3 is 0 Å². The maximum absolute atomic E-state index is 13.0. The number of benzene rings is 1. The molecule has 0 unspecified atom stereocenters. The van der Waals surface area contributed by atoms with Crippen LogP contribution >= 0.6 is 11.3 Å². The average Bonchev–Trinajstić information content (AvgIpc) is 3.43. The number of thiazole rings is 1. The van der Waals surface area contributed by atoms with Gasteiger partial charge in [0.2, 0.25) is 0 Å². The van der Waals surface area contributed by atoms with Crippen molar-refractivity contribution in [3.8, 4) is 12.1 Å². The minimum atomic E-state index is -0.666. The van der Waals surface area contributed by atoms with Crippen LogP contribution in [0.3, 0.4) is 0 Å². The summed E-state index contributed by atoms with van der Waals surface area (Å²) in [7, 11) is 0. The third-order valence-corrected chi connectivity index (χ3v) is 7.88. The molecule has 1 saturated heterocycles. The molecule has 1 aliphatic rings. The number of nitrogens with one attached hydrogen (secondary N) is 2. The summed E-state index contributed by atoms with van der Waals surface area (Å²) in [6, 6.07) is 9.97. The summed E-state index contributed by atoms with van der Waals surface area (Å²) in [5, 5.41) is 25.2. The number of piperidine rings is 1. The quantitative estimate of drug-likeness (QED) is 0.410. The first-order chi connectivity index (χ1) is 18.5. The lowest BCUT2D eigenvalue weighted by Gasteiger charge is -2.26. The van der Waals surface area contributed by atoms with Gasteiger partial charge in [0.05, 0.1) is 6.07 Å². The average molecular weight is 532 g/mol. The molecule has 38 heavy (non-hydrogen) atoms. The standard InChI is InChI=1S/C28H33N7O2S/c1-3-12-34-19-20(18-33-13-6-5-7-14-33)22-15-21(8-9-24(22)34)32-17-25-27(37)35(4-2)28(38-25)23(16-30)26(36)31-11-10-29/h8-9,15,17,19,32H,3-7,11-14,18H2,1-2H3,(H,31,36)/b25-17-,28-23+. The molecular weight excluding hydrogens is 498 g/mol. The summed E-state index contributed by atoms with van der Waals surface area (Å²) < 4.78 is 4.40. The van der Waals surface area contributed by atoms with E-state index >= 15 is 0 Å². The van der Waals surface area contributed by atoms with Crippen LogP contribution in [-0.2, 0) is 24.4 Å². The summed E-state index contributed by atoms with van der Waals surface area (Å²) >= 11 is 1.08. The zero-order valence-corrected chi connectivity index (χ0v) is 22.7. The van der Waals surface area contributed by atoms with Crippen LogP contribution in [0.4, 0.5) is 5.69 Å². The molecule has 3 heterocycles. The Morgan fingerprint density at radius 1 is 1.18 bits per heavy atom. The number of carbonyl (C=O) groups excluding carboxylic acids is 1. The molecule has 1 amide bonds. The second kappa shape index (κ2) is 12.6. The van der Waals surface area contributed by atoms with E-state index in [2.05, 4.69) is 45.4 Å². The molecule has 198 valence electrons. The normalized spacial score (nSPS) is 15.2. The maximum atomic E-state index is 13.0. The molecule has 4 rings (SSSR count). The summed E-state index contributed by atoms with van der Waals surface area (Å²) in [6.07, 6.45) is 8.77. The number of likely N-dealkylation sites (tertiary alicyclic amines) is 1. The number of aromatic nitrogens is 2. The van der Waals surface area contributed by atoms with E-state index in [1.54, 1.807) is 13.1 Å². The lowest BCUT2D eigenvalue weighted by atomic mass is 10.1. The van der Waals surface area contributed by atoms with Crippen molar-refractivity contribution >= 4 is 45.6 Å². The maximum Gasteiger partial charge on any atom is 0.270 e. The molecule has 1 aliphatic heterocycles. The molecular formula is C28H33N7O2S. The zero-order valence-electron chi connectivity index (χ0n) is 21.9. The Labute approximate surface area is 225 Å². The van der Waals surface area contributed by atoms with E-state index < -0.39 is 5.91 Å². The summed E-state index contributed by atoms with van der Waals surface area (Å²) in [5.41, 5.74) is 2.92. The highest BCUT2D eigenvalue weighted by molar-refractivity contribution is 7.07. The van der Waals surface area contributed by atoms with E-state index in [1.807, 2.05) is 18.2 Å². The van der Waals surface area contributed by atoms with Crippen LogP contribution in [0.5, 0.6) is 0 Å². The molecule has 2 aromatic heterocycles. The molecule has 9 nitrogen and oxygen atoms in total. The predicted molar refractivity (Wildman–Crippen MR) is 151 cm³/mol. The number of fused-ring (bicyclic) bond motifs is 1. The van der Waals surface area contributed by atoms with E-state index in [1.165, 1.54) is 40.3 Å². The Bertz CT molecular complexity index is 1580. The second-order valence-corrected chi connectivity index (χ2v) is 10.4. The van der Waals surface area contributed by atoms with Gasteiger partial charge in [0.25, 0.3) is 11.5 Å². The number of rotatable bonds is 9. The van der Waals surface area contributed by atoms with Gasteiger partial charge in [-0.25, -0.2) is 0 Å². The van der Waals surface area contributed by atoms with E-state index in [9.17, 15) is 14.9 Å². The fourth-order valence-electron chi connectivity index (χ4n) is 4.92. The van der Waals surface area contributed by atoms with Crippen LogP contribution in [0.15, 0.2) is 29.2 Å². The number of aryl methyl sites for hydroxylation is 1. The molecule has 0 atom stereocenters. The fraction of sp³-hybridized carbons (Fsp3) is 0.429. The number of hydrogen-bond donors (Lipinski definition) is 2. The van der Waals surface area contributed by atoms with Gasteiger partial charge < -0.3 is 15.2 Å². The SMILES string of the molecule is CCCn1cc(CN2CCCCC2)c2cc(N/C=c3\s/c(=C(\C#N)C(=O)NCC#N)n(CC)c3=O)ccc21. The van der Waals surface area contributed by atoms with Crippen LogP contribution in [-0.4, -0.2) is 39.6 Å². The minimum Gasteiger partial charge on any atom is -0.360 e. The van der Waals surface area contributed by atoms with Gasteiger partial charge in [-0.1, -0.05) is 13.3 Å². The van der Waals surface area contributed by atoms with Crippen LogP contribution in [0.1, 0.15) is 45.1 Å². The van der Waals surface area contributed by atoms with E-state index in [-0.39, 0.29) is 22.3 Å². The van der Waals surface area contributed by atoms with Gasteiger partial charge in [0.15, 0.2) is 5.57 Å². The monoisotopic (exact) mass is 531 g/mol. The molecule has 2 N–H and O–H groups in total. The van der Waals surface area contributed by atoms with E-state index in [4.69, 9.17) is 5.26 Å². The zero-order chi connectivity index (χ0) is 27.1. The fourth-order valence-corrected chi connectivity index (χ4v) is 6.00. The third kappa shape index (κ3) is 5.83. The van der Waals surface area contributed by atoms with Crippen molar-refractivity contribution in [1.82, 2.24) is 19.4 Å². The third-order valence-electron chi connectivity index (χ3n) is 6.75. The van der Waals surface area contributed by atoms with E-state index in [0.717, 1.165) is 49.6 Å². The number of nitriles is 2. The first kappa shape index (κ1) is 27.2. The van der Waals surface area contributed by atoms with Crippen molar-refractivity contribution in [2.75, 3.05) is 25.0 Å². The second-order valence-electron chi connectivity index (χ2n) is 9.35. The largest absolute Gasteiger partial charge is 0.360 e. The summed E-state index contributed by atoms with van der Waals surface area (Å²) in [5.74, 6) is -0.666. The molecule has 3 aromatic rings. The van der Waals surface area contributed by atoms with Crippen LogP contribution < -0.4 is 25.4 Å². The first-order valence-electron chi connectivity index (χ1n) is 13.1. The lowest BCUT2D eigenvalue weighted by Crippen LogP contribution is -2.34. The highest BCUT2D eigenvalue weighted by atomic mass is 32.1. The topological polar surface area (TPSA) is 119 Å². The highest BCUT2D eigenvalue weighted by Crippen LogP contribution is 2.27. The summed E-state index contributed by atoms with van der Waals surface area (Å²) in [4.78, 5) is 28.0. The number of anilines is 1. The van der Waals surface area contributed by atoms with Crippen molar-refractivity contribution in [2.45, 2.75) is 59.2 Å². The smallest absolute Gasteiger partial charge is 0.270 e. The Morgan fingerprint density at radius 3 is 2.66 bits per heavy atom. The molecule has 0 aliphatic carbocycles. The summed E-state index contributed by atoms with van der Waals surface area (Å²) in [6.45, 7) is 8.22. The van der Waals surface area contributed by atoms with Crippen LogP contribution in [0, 0.1) is 22.7 Å². The molecule has 0 saturated carbocycles. The lowest BCUT2D eigenvalue weighted by molar-refractivity contribution is -0.115. The number of carbonyl (C=O) groups is 1. The predicted octanol–water partition coefficient (Wildman–Crippen LogP) is 2.44. The molecule has 0 radical (unpaired) electrons. The van der Waals surface area contributed by atoms with Crippen molar-refractivity contribution in [2.24, 2.45) is 0 Å². The molecule has 1 aromatic carbocycles. The van der Waals surface area contributed by atoms with Crippen molar-refractivity contribution < 1.29 is 4.79 Å². The van der Waals surface area contributed by atoms with Gasteiger partial charge in [-0.2, -0.15) is 10.5 Å². The van der Waals surface area contributed by atoms with Gasteiger partial charge in [0.1, 0.15) is 21.8 Å². The number of nitrogens with zero attached hydrogens (tertiary/aromatic N) is 5. The first-order valence-corrected chi connectivity index (χ1v) is 13.9. The molecule has 0 bridgehead atoms.